The molecule has 0 aliphatic rings. The monoisotopic (exact) mass is 308 g/mol. The van der Waals surface area contributed by atoms with E-state index in [1.807, 2.05) is 0 Å². The molecule has 0 saturated heterocycles. The molecule has 7 heteroatoms. The highest BCUT2D eigenvalue weighted by Gasteiger charge is 2.05. The van der Waals surface area contributed by atoms with Gasteiger partial charge in [0.1, 0.15) is 0 Å². The molecule has 0 fully saturated rings. The number of ether oxygens (including phenoxy) is 1. The van der Waals surface area contributed by atoms with Crippen molar-refractivity contribution in [2.45, 2.75) is 13.8 Å². The van der Waals surface area contributed by atoms with Gasteiger partial charge in [-0.1, -0.05) is 19.9 Å². The lowest BCUT2D eigenvalue weighted by Crippen LogP contribution is -2.36. The van der Waals surface area contributed by atoms with Crippen molar-refractivity contribution in [2.24, 2.45) is 0 Å². The van der Waals surface area contributed by atoms with Crippen molar-refractivity contribution >= 4 is 23.5 Å². The Hall–Kier alpha value is -2.28. The molecule has 0 aromatic heterocycles. The molecule has 0 aliphatic heterocycles. The minimum Gasteiger partial charge on any atom is -0.453 e. The Balaban J connectivity index is 2.44. The van der Waals surface area contributed by atoms with E-state index in [9.17, 15) is 9.59 Å². The van der Waals surface area contributed by atoms with Crippen LogP contribution in [0.1, 0.15) is 13.8 Å². The molecule has 0 atom stereocenters. The van der Waals surface area contributed by atoms with E-state index in [1.54, 1.807) is 24.3 Å². The highest BCUT2D eigenvalue weighted by Crippen LogP contribution is 2.15. The number of benzene rings is 1. The first-order valence-electron chi connectivity index (χ1n) is 7.31. The second-order valence-corrected chi connectivity index (χ2v) is 4.61. The molecular weight excluding hydrogens is 284 g/mol. The summed E-state index contributed by atoms with van der Waals surface area (Å²) in [6.45, 7) is 7.48. The van der Waals surface area contributed by atoms with E-state index in [0.29, 0.717) is 17.9 Å². The Morgan fingerprint density at radius 1 is 1.14 bits per heavy atom. The first kappa shape index (κ1) is 17.8. The molecule has 3 amide bonds. The molecule has 0 radical (unpaired) electrons. The van der Waals surface area contributed by atoms with Gasteiger partial charge in [-0.15, -0.1) is 0 Å². The number of methoxy groups -OCH3 is 1. The van der Waals surface area contributed by atoms with Crippen LogP contribution in [0.25, 0.3) is 0 Å². The minimum absolute atomic E-state index is 0.276. The number of hydrogen-bond donors (Lipinski definition) is 3. The van der Waals surface area contributed by atoms with Crippen molar-refractivity contribution in [3.8, 4) is 0 Å². The van der Waals surface area contributed by atoms with Gasteiger partial charge in [0.25, 0.3) is 0 Å². The molecule has 1 rings (SSSR count). The number of carbonyl (C=O) groups excluding carboxylic acids is 2. The lowest BCUT2D eigenvalue weighted by Gasteiger charge is -2.18. The minimum atomic E-state index is -0.555. The summed E-state index contributed by atoms with van der Waals surface area (Å²) >= 11 is 0. The molecule has 0 aliphatic carbocycles. The van der Waals surface area contributed by atoms with E-state index in [2.05, 4.69) is 39.4 Å². The Bertz CT molecular complexity index is 489. The fourth-order valence-corrected chi connectivity index (χ4v) is 1.89. The van der Waals surface area contributed by atoms with E-state index in [-0.39, 0.29) is 6.03 Å². The molecule has 3 N–H and O–H groups in total. The van der Waals surface area contributed by atoms with Gasteiger partial charge in [0, 0.05) is 24.5 Å². The van der Waals surface area contributed by atoms with Crippen LogP contribution in [-0.2, 0) is 4.74 Å². The van der Waals surface area contributed by atoms with Crippen LogP contribution in [0.15, 0.2) is 24.3 Å². The lowest BCUT2D eigenvalue weighted by atomic mass is 10.3. The Morgan fingerprint density at radius 3 is 2.36 bits per heavy atom. The molecule has 0 bridgehead atoms. The lowest BCUT2D eigenvalue weighted by molar-refractivity contribution is 0.187. The van der Waals surface area contributed by atoms with Gasteiger partial charge in [-0.05, 0) is 31.3 Å². The van der Waals surface area contributed by atoms with Crippen molar-refractivity contribution in [2.75, 3.05) is 43.9 Å². The largest absolute Gasteiger partial charge is 0.453 e. The predicted octanol–water partition coefficient (Wildman–Crippen LogP) is 2.33. The number of anilines is 2. The molecule has 0 heterocycles. The van der Waals surface area contributed by atoms with Gasteiger partial charge in [0.15, 0.2) is 0 Å². The maximum Gasteiger partial charge on any atom is 0.411 e. The maximum absolute atomic E-state index is 11.8. The number of hydrogen-bond acceptors (Lipinski definition) is 4. The van der Waals surface area contributed by atoms with Crippen LogP contribution >= 0.6 is 0 Å². The van der Waals surface area contributed by atoms with Crippen LogP contribution in [0.2, 0.25) is 0 Å². The van der Waals surface area contributed by atoms with Crippen LogP contribution < -0.4 is 16.0 Å². The SMILES string of the molecule is CCN(CC)CCNC(=O)Nc1cccc(NC(=O)OC)c1. The fraction of sp³-hybridized carbons (Fsp3) is 0.467. The average molecular weight is 308 g/mol. The summed E-state index contributed by atoms with van der Waals surface area (Å²) in [6.07, 6.45) is -0.555. The highest BCUT2D eigenvalue weighted by molar-refractivity contribution is 5.91. The van der Waals surface area contributed by atoms with Crippen LogP contribution in [-0.4, -0.2) is 50.3 Å². The zero-order chi connectivity index (χ0) is 16.4. The van der Waals surface area contributed by atoms with Crippen LogP contribution in [0, 0.1) is 0 Å². The predicted molar refractivity (Wildman–Crippen MR) is 87.3 cm³/mol. The second kappa shape index (κ2) is 9.62. The number of nitrogens with zero attached hydrogens (tertiary/aromatic N) is 1. The molecule has 122 valence electrons. The average Bonchev–Trinajstić information content (AvgIpc) is 2.51. The molecule has 1 aromatic carbocycles. The van der Waals surface area contributed by atoms with Gasteiger partial charge in [-0.3, -0.25) is 5.32 Å². The number of likely N-dealkylation sites (N-methyl/N-ethyl adjacent to an activating group) is 1. The van der Waals surface area contributed by atoms with E-state index in [0.717, 1.165) is 19.6 Å². The number of amides is 3. The first-order valence-corrected chi connectivity index (χ1v) is 7.31. The van der Waals surface area contributed by atoms with Crippen molar-refractivity contribution in [3.63, 3.8) is 0 Å². The first-order chi connectivity index (χ1) is 10.6. The molecule has 7 nitrogen and oxygen atoms in total. The molecule has 0 spiro atoms. The molecule has 0 saturated carbocycles. The quantitative estimate of drug-likeness (QED) is 0.722. The summed E-state index contributed by atoms with van der Waals surface area (Å²) in [5.74, 6) is 0. The smallest absolute Gasteiger partial charge is 0.411 e. The van der Waals surface area contributed by atoms with Crippen LogP contribution in [0.5, 0.6) is 0 Å². The van der Waals surface area contributed by atoms with E-state index in [1.165, 1.54) is 7.11 Å². The summed E-state index contributed by atoms with van der Waals surface area (Å²) in [4.78, 5) is 25.2. The highest BCUT2D eigenvalue weighted by atomic mass is 16.5. The third-order valence-electron chi connectivity index (χ3n) is 3.16. The number of nitrogens with one attached hydrogen (secondary N) is 3. The Morgan fingerprint density at radius 2 is 1.77 bits per heavy atom. The zero-order valence-corrected chi connectivity index (χ0v) is 13.3. The Labute approximate surface area is 131 Å². The second-order valence-electron chi connectivity index (χ2n) is 4.61. The summed E-state index contributed by atoms with van der Waals surface area (Å²) in [6, 6.07) is 6.56. The number of carbonyl (C=O) groups is 2. The van der Waals surface area contributed by atoms with E-state index >= 15 is 0 Å². The van der Waals surface area contributed by atoms with Gasteiger partial charge in [0.05, 0.1) is 7.11 Å². The van der Waals surface area contributed by atoms with Gasteiger partial charge in [0.2, 0.25) is 0 Å². The van der Waals surface area contributed by atoms with Gasteiger partial charge < -0.3 is 20.3 Å². The van der Waals surface area contributed by atoms with Gasteiger partial charge in [-0.25, -0.2) is 9.59 Å². The van der Waals surface area contributed by atoms with Crippen LogP contribution in [0.4, 0.5) is 21.0 Å². The zero-order valence-electron chi connectivity index (χ0n) is 13.3. The van der Waals surface area contributed by atoms with E-state index < -0.39 is 6.09 Å². The normalized spacial score (nSPS) is 10.2. The standard InChI is InChI=1S/C15H24N4O3/c1-4-19(5-2)10-9-16-14(20)17-12-7-6-8-13(11-12)18-15(21)22-3/h6-8,11H,4-5,9-10H2,1-3H3,(H,18,21)(H2,16,17,20). The summed E-state index contributed by atoms with van der Waals surface area (Å²) in [7, 11) is 1.29. The maximum atomic E-state index is 11.8. The molecule has 0 unspecified atom stereocenters. The fourth-order valence-electron chi connectivity index (χ4n) is 1.89. The van der Waals surface area contributed by atoms with E-state index in [4.69, 9.17) is 0 Å². The van der Waals surface area contributed by atoms with Gasteiger partial charge >= 0.3 is 12.1 Å². The van der Waals surface area contributed by atoms with Crippen molar-refractivity contribution in [1.29, 1.82) is 0 Å². The third kappa shape index (κ3) is 6.45. The summed E-state index contributed by atoms with van der Waals surface area (Å²) in [5.41, 5.74) is 1.14. The third-order valence-corrected chi connectivity index (χ3v) is 3.16. The number of rotatable bonds is 7. The summed E-state index contributed by atoms with van der Waals surface area (Å²) in [5, 5.41) is 8.06. The van der Waals surface area contributed by atoms with Crippen molar-refractivity contribution in [1.82, 2.24) is 10.2 Å². The van der Waals surface area contributed by atoms with Gasteiger partial charge in [-0.2, -0.15) is 0 Å². The molecular formula is C15H24N4O3. The number of urea groups is 1. The van der Waals surface area contributed by atoms with Crippen LogP contribution in [0.3, 0.4) is 0 Å². The summed E-state index contributed by atoms with van der Waals surface area (Å²) < 4.78 is 4.52. The van der Waals surface area contributed by atoms with Crippen molar-refractivity contribution in [3.05, 3.63) is 24.3 Å². The Kier molecular flexibility index (Phi) is 7.77. The topological polar surface area (TPSA) is 82.7 Å². The van der Waals surface area contributed by atoms with Crippen molar-refractivity contribution < 1.29 is 14.3 Å². The molecule has 22 heavy (non-hydrogen) atoms. The molecule has 1 aromatic rings.